The Bertz CT molecular complexity index is 1440. The summed E-state index contributed by atoms with van der Waals surface area (Å²) in [6.45, 7) is 1.85. The van der Waals surface area contributed by atoms with Gasteiger partial charge < -0.3 is 20.4 Å². The SMILES string of the molecule is CS(=O)(=O)Nc1cc([C@H](O)CNC2CCN(c3ccc(NS(=O)(=O)c4cccnc4)cc3)CC2)ccc1O. The molecule has 11 nitrogen and oxygen atoms in total. The van der Waals surface area contributed by atoms with Crippen LogP contribution in [-0.4, -0.2) is 64.0 Å². The van der Waals surface area contributed by atoms with Crippen LogP contribution in [0.4, 0.5) is 17.1 Å². The van der Waals surface area contributed by atoms with E-state index < -0.39 is 26.2 Å². The maximum absolute atomic E-state index is 12.5. The van der Waals surface area contributed by atoms with Crippen molar-refractivity contribution < 1.29 is 27.0 Å². The Morgan fingerprint density at radius 3 is 2.37 bits per heavy atom. The van der Waals surface area contributed by atoms with Crippen molar-refractivity contribution in [3.63, 3.8) is 0 Å². The lowest BCUT2D eigenvalue weighted by Crippen LogP contribution is -2.43. The van der Waals surface area contributed by atoms with Gasteiger partial charge in [-0.2, -0.15) is 0 Å². The number of nitrogens with zero attached hydrogens (tertiary/aromatic N) is 2. The Kier molecular flexibility index (Phi) is 8.41. The van der Waals surface area contributed by atoms with Crippen LogP contribution in [0.2, 0.25) is 0 Å². The molecular formula is C25H31N5O6S2. The molecule has 1 fully saturated rings. The highest BCUT2D eigenvalue weighted by molar-refractivity contribution is 7.92. The predicted molar refractivity (Wildman–Crippen MR) is 146 cm³/mol. The first kappa shape index (κ1) is 27.6. The van der Waals surface area contributed by atoms with E-state index in [9.17, 15) is 27.0 Å². The Morgan fingerprint density at radius 1 is 1.03 bits per heavy atom. The number of phenols is 1. The number of anilines is 3. The van der Waals surface area contributed by atoms with Crippen LogP contribution in [0.25, 0.3) is 0 Å². The van der Waals surface area contributed by atoms with Crippen molar-refractivity contribution in [1.82, 2.24) is 10.3 Å². The van der Waals surface area contributed by atoms with E-state index in [1.165, 1.54) is 30.6 Å². The number of rotatable bonds is 10. The first-order valence-corrected chi connectivity index (χ1v) is 15.4. The topological polar surface area (TPSA) is 161 Å². The van der Waals surface area contributed by atoms with Crippen molar-refractivity contribution in [2.45, 2.75) is 29.9 Å². The third-order valence-electron chi connectivity index (χ3n) is 6.22. The van der Waals surface area contributed by atoms with Gasteiger partial charge in [-0.05, 0) is 66.9 Å². The minimum Gasteiger partial charge on any atom is -0.506 e. The van der Waals surface area contributed by atoms with Gasteiger partial charge in [0.2, 0.25) is 10.0 Å². The molecule has 13 heteroatoms. The zero-order valence-corrected chi connectivity index (χ0v) is 22.4. The summed E-state index contributed by atoms with van der Waals surface area (Å²) in [5, 5.41) is 23.8. The molecule has 0 unspecified atom stereocenters. The van der Waals surface area contributed by atoms with Crippen LogP contribution in [-0.2, 0) is 20.0 Å². The molecule has 1 saturated heterocycles. The van der Waals surface area contributed by atoms with Gasteiger partial charge in [0, 0.05) is 49.4 Å². The van der Waals surface area contributed by atoms with Gasteiger partial charge in [-0.25, -0.2) is 16.8 Å². The highest BCUT2D eigenvalue weighted by Gasteiger charge is 2.21. The summed E-state index contributed by atoms with van der Waals surface area (Å²) in [6, 6.07) is 14.8. The van der Waals surface area contributed by atoms with Crippen molar-refractivity contribution in [1.29, 1.82) is 0 Å². The fraction of sp³-hybridized carbons (Fsp3) is 0.320. The highest BCUT2D eigenvalue weighted by atomic mass is 32.2. The molecule has 0 amide bonds. The van der Waals surface area contributed by atoms with E-state index in [2.05, 4.69) is 24.6 Å². The van der Waals surface area contributed by atoms with Crippen LogP contribution in [0.3, 0.4) is 0 Å². The minimum atomic E-state index is -3.70. The number of pyridine rings is 1. The Balaban J connectivity index is 1.27. The van der Waals surface area contributed by atoms with Gasteiger partial charge in [0.1, 0.15) is 10.6 Å². The van der Waals surface area contributed by atoms with Crippen LogP contribution in [0, 0.1) is 0 Å². The van der Waals surface area contributed by atoms with Crippen molar-refractivity contribution in [2.75, 3.05) is 40.2 Å². The number of benzene rings is 2. The van der Waals surface area contributed by atoms with Crippen LogP contribution >= 0.6 is 0 Å². The zero-order valence-electron chi connectivity index (χ0n) is 20.8. The fourth-order valence-electron chi connectivity index (χ4n) is 4.24. The molecule has 0 saturated carbocycles. The lowest BCUT2D eigenvalue weighted by atomic mass is 10.0. The lowest BCUT2D eigenvalue weighted by Gasteiger charge is -2.34. The number of aliphatic hydroxyl groups is 1. The molecule has 1 aromatic heterocycles. The van der Waals surface area contributed by atoms with Crippen LogP contribution in [0.5, 0.6) is 5.75 Å². The molecule has 0 aliphatic carbocycles. The quantitative estimate of drug-likeness (QED) is 0.234. The fourth-order valence-corrected chi connectivity index (χ4v) is 5.83. The summed E-state index contributed by atoms with van der Waals surface area (Å²) in [4.78, 5) is 6.17. The number of aliphatic hydroxyl groups excluding tert-OH is 1. The minimum absolute atomic E-state index is 0.0215. The smallest absolute Gasteiger partial charge is 0.263 e. The number of aromatic hydroxyl groups is 1. The van der Waals surface area contributed by atoms with E-state index in [4.69, 9.17) is 0 Å². The van der Waals surface area contributed by atoms with E-state index in [1.807, 2.05) is 12.1 Å². The summed E-state index contributed by atoms with van der Waals surface area (Å²) in [5.41, 5.74) is 1.96. The van der Waals surface area contributed by atoms with Crippen molar-refractivity contribution in [2.24, 2.45) is 0 Å². The van der Waals surface area contributed by atoms with Crippen LogP contribution < -0.4 is 19.7 Å². The molecule has 0 radical (unpaired) electrons. The normalized spacial score (nSPS) is 15.7. The summed E-state index contributed by atoms with van der Waals surface area (Å²) >= 11 is 0. The van der Waals surface area contributed by atoms with E-state index in [0.717, 1.165) is 37.9 Å². The second-order valence-corrected chi connectivity index (χ2v) is 12.6. The Labute approximate surface area is 222 Å². The monoisotopic (exact) mass is 561 g/mol. The number of sulfonamides is 2. The van der Waals surface area contributed by atoms with E-state index >= 15 is 0 Å². The standard InChI is InChI=1S/C25H31N5O6S2/c1-37(33,34)29-23-15-18(4-9-24(23)31)25(32)17-27-19-10-13-30(14-11-19)21-7-5-20(6-8-21)28-38(35,36)22-3-2-12-26-16-22/h2-9,12,15-16,19,25,27-29,31-32H,10-11,13-14,17H2,1H3/t25-/m1/s1. The molecule has 204 valence electrons. The van der Waals surface area contributed by atoms with Gasteiger partial charge in [-0.3, -0.25) is 14.4 Å². The molecule has 2 aromatic carbocycles. The molecule has 0 spiro atoms. The molecule has 2 heterocycles. The highest BCUT2D eigenvalue weighted by Crippen LogP contribution is 2.28. The maximum Gasteiger partial charge on any atom is 0.263 e. The van der Waals surface area contributed by atoms with Gasteiger partial charge >= 0.3 is 0 Å². The summed E-state index contributed by atoms with van der Waals surface area (Å²) in [5.74, 6) is -0.217. The molecule has 1 atom stereocenters. The number of phenolic OH excluding ortho intramolecular Hbond substituents is 1. The molecule has 1 aliphatic rings. The largest absolute Gasteiger partial charge is 0.506 e. The second-order valence-electron chi connectivity index (χ2n) is 9.18. The predicted octanol–water partition coefficient (Wildman–Crippen LogP) is 2.25. The van der Waals surface area contributed by atoms with Crippen molar-refractivity contribution in [3.05, 3.63) is 72.6 Å². The molecule has 3 aromatic rings. The van der Waals surface area contributed by atoms with Gasteiger partial charge in [0.15, 0.2) is 0 Å². The lowest BCUT2D eigenvalue weighted by molar-refractivity contribution is 0.167. The Morgan fingerprint density at radius 2 is 1.74 bits per heavy atom. The summed E-state index contributed by atoms with van der Waals surface area (Å²) < 4.78 is 52.8. The molecule has 1 aliphatic heterocycles. The van der Waals surface area contributed by atoms with E-state index in [1.54, 1.807) is 24.3 Å². The number of piperidine rings is 1. The van der Waals surface area contributed by atoms with E-state index in [-0.39, 0.29) is 28.9 Å². The average molecular weight is 562 g/mol. The van der Waals surface area contributed by atoms with Gasteiger partial charge in [-0.1, -0.05) is 6.07 Å². The number of nitrogens with one attached hydrogen (secondary N) is 3. The first-order valence-electron chi connectivity index (χ1n) is 12.0. The van der Waals surface area contributed by atoms with Gasteiger partial charge in [-0.15, -0.1) is 0 Å². The summed E-state index contributed by atoms with van der Waals surface area (Å²) in [6.07, 6.45) is 4.62. The van der Waals surface area contributed by atoms with Crippen molar-refractivity contribution in [3.8, 4) is 5.75 Å². The third kappa shape index (κ3) is 7.34. The molecule has 5 N–H and O–H groups in total. The molecule has 38 heavy (non-hydrogen) atoms. The molecular weight excluding hydrogens is 530 g/mol. The molecule has 4 rings (SSSR count). The van der Waals surface area contributed by atoms with E-state index in [0.29, 0.717) is 11.3 Å². The zero-order chi connectivity index (χ0) is 27.3. The maximum atomic E-state index is 12.5. The number of hydrogen-bond donors (Lipinski definition) is 5. The molecule has 0 bridgehead atoms. The van der Waals surface area contributed by atoms with Gasteiger partial charge in [0.25, 0.3) is 10.0 Å². The average Bonchev–Trinajstić information content (AvgIpc) is 2.89. The van der Waals surface area contributed by atoms with Crippen molar-refractivity contribution >= 4 is 37.1 Å². The first-order chi connectivity index (χ1) is 18.0. The third-order valence-corrected chi connectivity index (χ3v) is 8.18. The van der Waals surface area contributed by atoms with Gasteiger partial charge in [0.05, 0.1) is 18.0 Å². The summed E-state index contributed by atoms with van der Waals surface area (Å²) in [7, 11) is -7.27. The Hall–Kier alpha value is -3.39. The second kappa shape index (κ2) is 11.6. The number of hydrogen-bond acceptors (Lipinski definition) is 9. The van der Waals surface area contributed by atoms with Crippen LogP contribution in [0.1, 0.15) is 24.5 Å². The van der Waals surface area contributed by atoms with Crippen LogP contribution in [0.15, 0.2) is 71.9 Å². The number of aromatic nitrogens is 1.